The molecule has 1 aromatic heterocycles. The monoisotopic (exact) mass is 454 g/mol. The molecule has 0 unspecified atom stereocenters. The van der Waals surface area contributed by atoms with Gasteiger partial charge in [-0.05, 0) is 43.7 Å². The van der Waals surface area contributed by atoms with Gasteiger partial charge in [-0.15, -0.1) is 0 Å². The van der Waals surface area contributed by atoms with Gasteiger partial charge in [0, 0.05) is 22.0 Å². The molecule has 3 rings (SSSR count). The minimum atomic E-state index is -4.69. The zero-order valence-corrected chi connectivity index (χ0v) is 16.3. The van der Waals surface area contributed by atoms with Gasteiger partial charge in [-0.25, -0.2) is 9.97 Å². The summed E-state index contributed by atoms with van der Waals surface area (Å²) in [6, 6.07) is 7.28. The van der Waals surface area contributed by atoms with Crippen LogP contribution in [0.5, 0.6) is 0 Å². The summed E-state index contributed by atoms with van der Waals surface area (Å²) >= 11 is 3.37. The van der Waals surface area contributed by atoms with Crippen molar-refractivity contribution in [3.05, 3.63) is 67.9 Å². The third kappa shape index (κ3) is 4.22. The molecule has 2 aromatic carbocycles. The van der Waals surface area contributed by atoms with Crippen molar-refractivity contribution < 1.29 is 18.1 Å². The Bertz CT molecular complexity index is 1070. The molecule has 0 aliphatic rings. The standard InChI is InChI=1S/C18H14BrF3N4O2/c1-9(11-5-12(18(20,21)22)7-14(6-11)26(27)28)23-17-15-8-13(19)3-4-16(15)24-10(2)25-17/h3-9H,1-2H3,(H,23,24,25)/t9-/m1/s1. The van der Waals surface area contributed by atoms with Gasteiger partial charge in [0.25, 0.3) is 5.69 Å². The van der Waals surface area contributed by atoms with Gasteiger partial charge in [0.1, 0.15) is 11.6 Å². The number of nitro benzene ring substituents is 1. The lowest BCUT2D eigenvalue weighted by atomic mass is 10.0. The van der Waals surface area contributed by atoms with Gasteiger partial charge in [0.15, 0.2) is 0 Å². The summed E-state index contributed by atoms with van der Waals surface area (Å²) in [5.41, 5.74) is -0.900. The Balaban J connectivity index is 2.05. The Labute approximate surface area is 166 Å². The van der Waals surface area contributed by atoms with E-state index in [0.717, 1.165) is 16.6 Å². The molecular formula is C18H14BrF3N4O2. The summed E-state index contributed by atoms with van der Waals surface area (Å²) in [6.45, 7) is 3.31. The molecule has 0 fully saturated rings. The van der Waals surface area contributed by atoms with Crippen molar-refractivity contribution in [2.75, 3.05) is 5.32 Å². The molecule has 0 radical (unpaired) electrons. The second-order valence-corrected chi connectivity index (χ2v) is 7.13. The third-order valence-corrected chi connectivity index (χ3v) is 4.59. The van der Waals surface area contributed by atoms with E-state index in [4.69, 9.17) is 0 Å². The highest BCUT2D eigenvalue weighted by Crippen LogP contribution is 2.35. The molecule has 28 heavy (non-hydrogen) atoms. The van der Waals surface area contributed by atoms with E-state index in [-0.39, 0.29) is 5.56 Å². The highest BCUT2D eigenvalue weighted by atomic mass is 79.9. The topological polar surface area (TPSA) is 81.0 Å². The fourth-order valence-electron chi connectivity index (χ4n) is 2.77. The number of halogens is 4. The zero-order chi connectivity index (χ0) is 20.6. The first kappa shape index (κ1) is 20.0. The van der Waals surface area contributed by atoms with Crippen molar-refractivity contribution in [3.63, 3.8) is 0 Å². The third-order valence-electron chi connectivity index (χ3n) is 4.10. The molecule has 0 saturated carbocycles. The second kappa shape index (κ2) is 7.34. The maximum Gasteiger partial charge on any atom is 0.416 e. The van der Waals surface area contributed by atoms with Crippen molar-refractivity contribution >= 4 is 38.3 Å². The molecule has 0 bridgehead atoms. The summed E-state index contributed by atoms with van der Waals surface area (Å²) in [4.78, 5) is 18.9. The number of nitrogens with one attached hydrogen (secondary N) is 1. The van der Waals surface area contributed by atoms with E-state index >= 15 is 0 Å². The van der Waals surface area contributed by atoms with Crippen molar-refractivity contribution in [1.29, 1.82) is 0 Å². The van der Waals surface area contributed by atoms with Gasteiger partial charge < -0.3 is 5.32 Å². The molecule has 1 heterocycles. The average Bonchev–Trinajstić information content (AvgIpc) is 2.61. The van der Waals surface area contributed by atoms with Crippen LogP contribution in [-0.2, 0) is 6.18 Å². The van der Waals surface area contributed by atoms with E-state index in [9.17, 15) is 23.3 Å². The van der Waals surface area contributed by atoms with E-state index in [1.54, 1.807) is 26.0 Å². The van der Waals surface area contributed by atoms with Crippen LogP contribution in [0.15, 0.2) is 40.9 Å². The van der Waals surface area contributed by atoms with Crippen LogP contribution in [0.4, 0.5) is 24.7 Å². The number of nitrogens with zero attached hydrogens (tertiary/aromatic N) is 3. The number of rotatable bonds is 4. The molecule has 0 aliphatic carbocycles. The van der Waals surface area contributed by atoms with Crippen LogP contribution in [0.3, 0.4) is 0 Å². The molecule has 10 heteroatoms. The number of alkyl halides is 3. The normalized spacial score (nSPS) is 12.8. The smallest absolute Gasteiger partial charge is 0.363 e. The molecule has 1 atom stereocenters. The van der Waals surface area contributed by atoms with E-state index in [1.807, 2.05) is 6.07 Å². The highest BCUT2D eigenvalue weighted by molar-refractivity contribution is 9.10. The molecule has 0 spiro atoms. The van der Waals surface area contributed by atoms with Crippen LogP contribution in [-0.4, -0.2) is 14.9 Å². The largest absolute Gasteiger partial charge is 0.416 e. The molecule has 0 aliphatic heterocycles. The van der Waals surface area contributed by atoms with Crippen LogP contribution in [0.2, 0.25) is 0 Å². The molecule has 0 amide bonds. The number of aromatic nitrogens is 2. The Kier molecular flexibility index (Phi) is 5.24. The molecule has 6 nitrogen and oxygen atoms in total. The van der Waals surface area contributed by atoms with Crippen LogP contribution in [0.25, 0.3) is 10.9 Å². The number of fused-ring (bicyclic) bond motifs is 1. The number of benzene rings is 2. The van der Waals surface area contributed by atoms with E-state index in [0.29, 0.717) is 28.6 Å². The maximum absolute atomic E-state index is 13.1. The molecule has 0 saturated heterocycles. The second-order valence-electron chi connectivity index (χ2n) is 6.22. The van der Waals surface area contributed by atoms with Gasteiger partial charge in [-0.3, -0.25) is 10.1 Å². The number of hydrogen-bond donors (Lipinski definition) is 1. The predicted molar refractivity (Wildman–Crippen MR) is 102 cm³/mol. The fourth-order valence-corrected chi connectivity index (χ4v) is 3.13. The minimum absolute atomic E-state index is 0.126. The molecule has 1 N–H and O–H groups in total. The maximum atomic E-state index is 13.1. The number of aryl methyl sites for hydroxylation is 1. The predicted octanol–water partition coefficient (Wildman–Crippen LogP) is 5.80. The SMILES string of the molecule is Cc1nc(N[C@H](C)c2cc([N+](=O)[O-])cc(C(F)(F)F)c2)c2cc(Br)ccc2n1. The van der Waals surface area contributed by atoms with Crippen molar-refractivity contribution in [1.82, 2.24) is 9.97 Å². The zero-order valence-electron chi connectivity index (χ0n) is 14.7. The van der Waals surface area contributed by atoms with Crippen LogP contribution in [0.1, 0.15) is 29.9 Å². The van der Waals surface area contributed by atoms with E-state index in [2.05, 4.69) is 31.2 Å². The summed E-state index contributed by atoms with van der Waals surface area (Å²) in [7, 11) is 0. The highest BCUT2D eigenvalue weighted by Gasteiger charge is 2.33. The van der Waals surface area contributed by atoms with E-state index in [1.165, 1.54) is 0 Å². The molecular weight excluding hydrogens is 441 g/mol. The summed E-state index contributed by atoms with van der Waals surface area (Å²) in [5, 5.41) is 14.8. The van der Waals surface area contributed by atoms with Crippen LogP contribution >= 0.6 is 15.9 Å². The first-order chi connectivity index (χ1) is 13.0. The number of non-ortho nitro benzene ring substituents is 1. The lowest BCUT2D eigenvalue weighted by Gasteiger charge is -2.18. The van der Waals surface area contributed by atoms with E-state index < -0.39 is 28.4 Å². The van der Waals surface area contributed by atoms with Gasteiger partial charge >= 0.3 is 6.18 Å². The summed E-state index contributed by atoms with van der Waals surface area (Å²) < 4.78 is 40.2. The number of anilines is 1. The summed E-state index contributed by atoms with van der Waals surface area (Å²) in [5.74, 6) is 0.913. The molecule has 146 valence electrons. The lowest BCUT2D eigenvalue weighted by Crippen LogP contribution is -2.12. The lowest BCUT2D eigenvalue weighted by molar-refractivity contribution is -0.385. The Morgan fingerprint density at radius 3 is 2.54 bits per heavy atom. The first-order valence-corrected chi connectivity index (χ1v) is 8.91. The van der Waals surface area contributed by atoms with Crippen molar-refractivity contribution in [3.8, 4) is 0 Å². The van der Waals surface area contributed by atoms with Gasteiger partial charge in [0.2, 0.25) is 0 Å². The fraction of sp³-hybridized carbons (Fsp3) is 0.222. The van der Waals surface area contributed by atoms with Gasteiger partial charge in [-0.1, -0.05) is 15.9 Å². The Hall–Kier alpha value is -2.75. The van der Waals surface area contributed by atoms with Crippen molar-refractivity contribution in [2.45, 2.75) is 26.1 Å². The Morgan fingerprint density at radius 1 is 1.18 bits per heavy atom. The van der Waals surface area contributed by atoms with Gasteiger partial charge in [0.05, 0.1) is 22.0 Å². The number of hydrogen-bond acceptors (Lipinski definition) is 5. The quantitative estimate of drug-likeness (QED) is 0.397. The van der Waals surface area contributed by atoms with Crippen LogP contribution < -0.4 is 5.32 Å². The Morgan fingerprint density at radius 2 is 1.89 bits per heavy atom. The average molecular weight is 455 g/mol. The number of nitro groups is 1. The van der Waals surface area contributed by atoms with Gasteiger partial charge in [-0.2, -0.15) is 13.2 Å². The van der Waals surface area contributed by atoms with Crippen LogP contribution in [0, 0.1) is 17.0 Å². The minimum Gasteiger partial charge on any atom is -0.363 e. The summed E-state index contributed by atoms with van der Waals surface area (Å²) in [6.07, 6.45) is -4.69. The molecule has 3 aromatic rings. The van der Waals surface area contributed by atoms with Crippen molar-refractivity contribution in [2.24, 2.45) is 0 Å². The first-order valence-electron chi connectivity index (χ1n) is 8.11.